The van der Waals surface area contributed by atoms with Gasteiger partial charge in [-0.3, -0.25) is 0 Å². The van der Waals surface area contributed by atoms with Gasteiger partial charge in [-0.25, -0.2) is 0 Å². The van der Waals surface area contributed by atoms with Crippen molar-refractivity contribution in [2.45, 2.75) is 58.0 Å². The van der Waals surface area contributed by atoms with Crippen LogP contribution in [0.25, 0.3) is 0 Å². The Morgan fingerprint density at radius 3 is 2.31 bits per heavy atom. The SMILES string of the molecule is CCCC([CH2][Cr][CH2]C(C)(C)C)C(C)C(=O)O. The van der Waals surface area contributed by atoms with E-state index in [1.165, 1.54) is 5.28 Å². The molecule has 0 saturated heterocycles. The second-order valence-electron chi connectivity index (χ2n) is 5.75. The van der Waals surface area contributed by atoms with E-state index in [1.54, 1.807) is 0 Å². The van der Waals surface area contributed by atoms with Gasteiger partial charge in [-0.15, -0.1) is 0 Å². The van der Waals surface area contributed by atoms with Crippen LogP contribution in [0, 0.1) is 17.3 Å². The maximum absolute atomic E-state index is 11.0. The molecule has 2 unspecified atom stereocenters. The van der Waals surface area contributed by atoms with Crippen LogP contribution in [0.1, 0.15) is 47.5 Å². The molecule has 0 aliphatic heterocycles. The van der Waals surface area contributed by atoms with E-state index >= 15 is 0 Å². The van der Waals surface area contributed by atoms with Crippen molar-refractivity contribution in [2.75, 3.05) is 0 Å². The molecule has 0 aromatic carbocycles. The molecule has 1 N–H and O–H groups in total. The molecular formula is C13H26CrO2. The van der Waals surface area contributed by atoms with E-state index in [1.807, 2.05) is 6.92 Å². The van der Waals surface area contributed by atoms with Crippen molar-refractivity contribution in [1.29, 1.82) is 0 Å². The summed E-state index contributed by atoms with van der Waals surface area (Å²) in [5, 5.41) is 11.4. The van der Waals surface area contributed by atoms with Crippen LogP contribution in [0.15, 0.2) is 0 Å². The van der Waals surface area contributed by atoms with Crippen LogP contribution in [-0.4, -0.2) is 11.1 Å². The Labute approximate surface area is 107 Å². The number of carbonyl (C=O) groups is 1. The summed E-state index contributed by atoms with van der Waals surface area (Å²) < 4.78 is 0. The average molecular weight is 266 g/mol. The molecule has 0 aromatic rings. The van der Waals surface area contributed by atoms with Crippen LogP contribution in [-0.2, 0) is 20.0 Å². The van der Waals surface area contributed by atoms with E-state index in [2.05, 4.69) is 27.7 Å². The third kappa shape index (κ3) is 7.30. The van der Waals surface area contributed by atoms with Crippen LogP contribution in [0.4, 0.5) is 0 Å². The van der Waals surface area contributed by atoms with Gasteiger partial charge < -0.3 is 0 Å². The zero-order chi connectivity index (χ0) is 12.8. The van der Waals surface area contributed by atoms with Gasteiger partial charge in [0.25, 0.3) is 0 Å². The second kappa shape index (κ2) is 7.35. The number of hydrogen-bond acceptors (Lipinski definition) is 1. The minimum absolute atomic E-state index is 0.179. The molecule has 0 radical (unpaired) electrons. The molecule has 0 aliphatic rings. The van der Waals surface area contributed by atoms with E-state index in [4.69, 9.17) is 5.11 Å². The molecule has 16 heavy (non-hydrogen) atoms. The first-order chi connectivity index (χ1) is 7.28. The third-order valence-electron chi connectivity index (χ3n) is 2.62. The van der Waals surface area contributed by atoms with Crippen molar-refractivity contribution in [3.63, 3.8) is 0 Å². The van der Waals surface area contributed by atoms with Crippen molar-refractivity contribution >= 4 is 5.97 Å². The fourth-order valence-corrected chi connectivity index (χ4v) is 3.89. The van der Waals surface area contributed by atoms with Crippen LogP contribution in [0.3, 0.4) is 0 Å². The molecule has 0 bridgehead atoms. The molecule has 0 amide bonds. The summed E-state index contributed by atoms with van der Waals surface area (Å²) in [6, 6.07) is 0. The molecule has 0 heterocycles. The summed E-state index contributed by atoms with van der Waals surface area (Å²) in [7, 11) is 0. The molecule has 2 nitrogen and oxygen atoms in total. The van der Waals surface area contributed by atoms with Gasteiger partial charge in [0.1, 0.15) is 0 Å². The minimum atomic E-state index is -0.634. The number of hydrogen-bond donors (Lipinski definition) is 1. The Morgan fingerprint density at radius 1 is 1.38 bits per heavy atom. The first-order valence-corrected chi connectivity index (χ1v) is 7.88. The number of carboxylic acids is 1. The normalized spacial score (nSPS) is 15.8. The van der Waals surface area contributed by atoms with Crippen molar-refractivity contribution in [1.82, 2.24) is 0 Å². The van der Waals surface area contributed by atoms with Gasteiger partial charge in [0.15, 0.2) is 0 Å². The number of aliphatic carboxylic acids is 1. The maximum atomic E-state index is 11.0. The predicted molar refractivity (Wildman–Crippen MR) is 64.3 cm³/mol. The Balaban J connectivity index is 4.09. The van der Waals surface area contributed by atoms with Crippen molar-refractivity contribution < 1.29 is 25.1 Å². The quantitative estimate of drug-likeness (QED) is 0.753. The van der Waals surface area contributed by atoms with Gasteiger partial charge in [-0.1, -0.05) is 0 Å². The summed E-state index contributed by atoms with van der Waals surface area (Å²) in [6.45, 7) is 10.8. The zero-order valence-electron chi connectivity index (χ0n) is 11.2. The molecule has 0 rings (SSSR count). The van der Waals surface area contributed by atoms with Gasteiger partial charge >= 0.3 is 106 Å². The zero-order valence-corrected chi connectivity index (χ0v) is 12.5. The molecular weight excluding hydrogens is 240 g/mol. The summed E-state index contributed by atoms with van der Waals surface area (Å²) in [5.41, 5.74) is 0.392. The van der Waals surface area contributed by atoms with E-state index < -0.39 is 5.97 Å². The van der Waals surface area contributed by atoms with E-state index in [0.717, 1.165) is 18.1 Å². The van der Waals surface area contributed by atoms with Gasteiger partial charge in [-0.2, -0.15) is 0 Å². The van der Waals surface area contributed by atoms with Gasteiger partial charge in [-0.05, 0) is 0 Å². The predicted octanol–water partition coefficient (Wildman–Crippen LogP) is 4.09. The fraction of sp³-hybridized carbons (Fsp3) is 0.923. The van der Waals surface area contributed by atoms with Crippen molar-refractivity contribution in [3.8, 4) is 0 Å². The fourth-order valence-electron chi connectivity index (χ4n) is 1.57. The Hall–Kier alpha value is 0.00247. The molecule has 3 heteroatoms. The second-order valence-corrected chi connectivity index (χ2v) is 7.36. The Kier molecular flexibility index (Phi) is 7.35. The monoisotopic (exact) mass is 266 g/mol. The van der Waals surface area contributed by atoms with Crippen LogP contribution in [0.2, 0.25) is 10.6 Å². The molecule has 2 atom stereocenters. The van der Waals surface area contributed by atoms with Crippen molar-refractivity contribution in [2.24, 2.45) is 17.3 Å². The summed E-state index contributed by atoms with van der Waals surface area (Å²) in [4.78, 5) is 11.0. The summed E-state index contributed by atoms with van der Waals surface area (Å²) in [6.07, 6.45) is 2.15. The molecule has 0 fully saturated rings. The molecule has 0 saturated carbocycles. The van der Waals surface area contributed by atoms with Gasteiger partial charge in [0.05, 0.1) is 0 Å². The summed E-state index contributed by atoms with van der Waals surface area (Å²) in [5.74, 6) is -0.434. The van der Waals surface area contributed by atoms with E-state index in [-0.39, 0.29) is 5.92 Å². The van der Waals surface area contributed by atoms with E-state index in [9.17, 15) is 4.79 Å². The topological polar surface area (TPSA) is 37.3 Å². The standard InChI is InChI=1S/C8H15O2.C5H11.Cr/c1-4-5-6(2)7(3)8(9)10;1-5(2,3)4;/h6-7H,2,4-5H2,1,3H3,(H,9,10);1H2,2-4H3;. The number of rotatable bonds is 7. The summed E-state index contributed by atoms with van der Waals surface area (Å²) >= 11 is 0.585. The number of carboxylic acid groups (broad SMARTS) is 1. The van der Waals surface area contributed by atoms with Gasteiger partial charge in [0, 0.05) is 0 Å². The molecule has 0 aromatic heterocycles. The Bertz CT molecular complexity index is 208. The first-order valence-electron chi connectivity index (χ1n) is 6.08. The van der Waals surface area contributed by atoms with Crippen LogP contribution in [0.5, 0.6) is 0 Å². The molecule has 96 valence electrons. The van der Waals surface area contributed by atoms with E-state index in [0.29, 0.717) is 26.6 Å². The Morgan fingerprint density at radius 2 is 1.94 bits per heavy atom. The van der Waals surface area contributed by atoms with Crippen molar-refractivity contribution in [3.05, 3.63) is 0 Å². The first kappa shape index (κ1) is 16.0. The molecule has 0 spiro atoms. The van der Waals surface area contributed by atoms with Crippen LogP contribution >= 0.6 is 0 Å². The average Bonchev–Trinajstić information content (AvgIpc) is 2.13. The molecule has 0 aliphatic carbocycles. The van der Waals surface area contributed by atoms with Crippen LogP contribution < -0.4 is 0 Å². The van der Waals surface area contributed by atoms with Gasteiger partial charge in [0.2, 0.25) is 0 Å². The third-order valence-corrected chi connectivity index (χ3v) is 5.33.